The minimum absolute atomic E-state index is 0. The van der Waals surface area contributed by atoms with Gasteiger partial charge in [-0.3, -0.25) is 0 Å². The summed E-state index contributed by atoms with van der Waals surface area (Å²) in [4.78, 5) is 12.9. The van der Waals surface area contributed by atoms with Crippen LogP contribution < -0.4 is 5.73 Å². The average Bonchev–Trinajstić information content (AvgIpc) is 2.86. The summed E-state index contributed by atoms with van der Waals surface area (Å²) in [5.74, 6) is 1.71. The molecule has 0 aromatic carbocycles. The van der Waals surface area contributed by atoms with Gasteiger partial charge in [0, 0.05) is 5.92 Å². The summed E-state index contributed by atoms with van der Waals surface area (Å²) < 4.78 is 5.27. The molecule has 1 fully saturated rings. The second kappa shape index (κ2) is 5.87. The zero-order chi connectivity index (χ0) is 14.3. The number of aromatic nitrogens is 4. The molecule has 0 amide bonds. The summed E-state index contributed by atoms with van der Waals surface area (Å²) in [7, 11) is 0. The summed E-state index contributed by atoms with van der Waals surface area (Å²) >= 11 is 6.12. The van der Waals surface area contributed by atoms with E-state index in [4.69, 9.17) is 21.9 Å². The molecule has 0 aliphatic heterocycles. The first-order valence-corrected chi connectivity index (χ1v) is 7.03. The van der Waals surface area contributed by atoms with Crippen LogP contribution in [0.15, 0.2) is 10.7 Å². The molecule has 2 aromatic rings. The molecule has 1 aliphatic carbocycles. The topological polar surface area (TPSA) is 90.7 Å². The monoisotopic (exact) mass is 329 g/mol. The van der Waals surface area contributed by atoms with Gasteiger partial charge in [0.1, 0.15) is 5.82 Å². The van der Waals surface area contributed by atoms with Gasteiger partial charge in [-0.1, -0.05) is 30.6 Å². The van der Waals surface area contributed by atoms with Crippen LogP contribution in [0.25, 0.3) is 11.6 Å². The van der Waals surface area contributed by atoms with E-state index < -0.39 is 5.54 Å². The molecule has 0 bridgehead atoms. The maximum atomic E-state index is 6.18. The molecule has 114 valence electrons. The van der Waals surface area contributed by atoms with Crippen LogP contribution in [-0.2, 0) is 5.54 Å². The molecule has 0 saturated heterocycles. The standard InChI is InChI=1S/C13H16ClN5O.ClH/c1-7(2)10-16-6-8(14)9(17-10)11-18-12(19-20-11)13(15)4-3-5-13;/h6-7H,3-5,15H2,1-2H3;1H. The lowest BCUT2D eigenvalue weighted by molar-refractivity contribution is 0.229. The van der Waals surface area contributed by atoms with Gasteiger partial charge in [-0.2, -0.15) is 4.98 Å². The maximum Gasteiger partial charge on any atom is 0.278 e. The summed E-state index contributed by atoms with van der Waals surface area (Å²) in [6.07, 6.45) is 4.40. The Morgan fingerprint density at radius 2 is 2.05 bits per heavy atom. The molecule has 8 heteroatoms. The van der Waals surface area contributed by atoms with Gasteiger partial charge in [0.2, 0.25) is 0 Å². The zero-order valence-electron chi connectivity index (χ0n) is 11.8. The Bertz CT molecular complexity index is 639. The van der Waals surface area contributed by atoms with Crippen molar-refractivity contribution < 1.29 is 4.52 Å². The summed E-state index contributed by atoms with van der Waals surface area (Å²) in [6, 6.07) is 0. The zero-order valence-corrected chi connectivity index (χ0v) is 13.4. The highest BCUT2D eigenvalue weighted by Gasteiger charge is 2.39. The third-order valence-electron chi connectivity index (χ3n) is 3.60. The van der Waals surface area contributed by atoms with Crippen molar-refractivity contribution in [2.45, 2.75) is 44.6 Å². The summed E-state index contributed by atoms with van der Waals surface area (Å²) in [5, 5.41) is 4.36. The SMILES string of the molecule is CC(C)c1ncc(Cl)c(-c2nc(C3(N)CCC3)no2)n1.Cl. The largest absolute Gasteiger partial charge is 0.332 e. The van der Waals surface area contributed by atoms with Gasteiger partial charge < -0.3 is 10.3 Å². The maximum absolute atomic E-state index is 6.18. The predicted molar refractivity (Wildman–Crippen MR) is 81.4 cm³/mol. The molecular weight excluding hydrogens is 313 g/mol. The smallest absolute Gasteiger partial charge is 0.278 e. The van der Waals surface area contributed by atoms with Crippen LogP contribution >= 0.6 is 24.0 Å². The van der Waals surface area contributed by atoms with Crippen LogP contribution in [0, 0.1) is 0 Å². The lowest BCUT2D eigenvalue weighted by Gasteiger charge is -2.34. The van der Waals surface area contributed by atoms with E-state index in [9.17, 15) is 0 Å². The van der Waals surface area contributed by atoms with E-state index >= 15 is 0 Å². The Labute approximate surface area is 133 Å². The number of nitrogens with zero attached hydrogens (tertiary/aromatic N) is 4. The number of halogens is 2. The fourth-order valence-electron chi connectivity index (χ4n) is 2.11. The molecule has 1 aliphatic rings. The molecule has 3 rings (SSSR count). The van der Waals surface area contributed by atoms with Crippen molar-refractivity contribution in [1.82, 2.24) is 20.1 Å². The molecule has 0 radical (unpaired) electrons. The molecule has 0 atom stereocenters. The van der Waals surface area contributed by atoms with Crippen molar-refractivity contribution in [3.05, 3.63) is 22.9 Å². The second-order valence-corrected chi connectivity index (χ2v) is 5.92. The highest BCUT2D eigenvalue weighted by molar-refractivity contribution is 6.32. The first-order chi connectivity index (χ1) is 9.49. The first kappa shape index (κ1) is 16.1. The minimum atomic E-state index is -0.456. The van der Waals surface area contributed by atoms with Gasteiger partial charge in [-0.25, -0.2) is 9.97 Å². The Balaban J connectivity index is 0.00000161. The molecular formula is C13H17Cl2N5O. The number of rotatable bonds is 3. The molecule has 6 nitrogen and oxygen atoms in total. The second-order valence-electron chi connectivity index (χ2n) is 5.51. The van der Waals surface area contributed by atoms with Crippen molar-refractivity contribution in [3.8, 4) is 11.6 Å². The number of hydrogen-bond donors (Lipinski definition) is 1. The highest BCUT2D eigenvalue weighted by atomic mass is 35.5. The highest BCUT2D eigenvalue weighted by Crippen LogP contribution is 2.38. The number of nitrogens with two attached hydrogens (primary N) is 1. The Hall–Kier alpha value is -1.24. The third-order valence-corrected chi connectivity index (χ3v) is 3.88. The van der Waals surface area contributed by atoms with Gasteiger partial charge >= 0.3 is 0 Å². The van der Waals surface area contributed by atoms with Crippen LogP contribution in [0.3, 0.4) is 0 Å². The predicted octanol–water partition coefficient (Wildman–Crippen LogP) is 3.06. The third kappa shape index (κ3) is 2.88. The average molecular weight is 330 g/mol. The van der Waals surface area contributed by atoms with Crippen LogP contribution in [0.1, 0.15) is 50.7 Å². The molecule has 1 saturated carbocycles. The normalized spacial score (nSPS) is 16.4. The van der Waals surface area contributed by atoms with Crippen LogP contribution in [-0.4, -0.2) is 20.1 Å². The van der Waals surface area contributed by atoms with Gasteiger partial charge in [-0.15, -0.1) is 12.4 Å². The van der Waals surface area contributed by atoms with Crippen LogP contribution in [0.4, 0.5) is 0 Å². The molecule has 2 heterocycles. The van der Waals surface area contributed by atoms with E-state index in [1.54, 1.807) is 6.20 Å². The van der Waals surface area contributed by atoms with E-state index in [0.717, 1.165) is 19.3 Å². The fourth-order valence-corrected chi connectivity index (χ4v) is 2.28. The van der Waals surface area contributed by atoms with Crippen molar-refractivity contribution in [2.75, 3.05) is 0 Å². The van der Waals surface area contributed by atoms with E-state index in [0.29, 0.717) is 28.3 Å². The molecule has 2 N–H and O–H groups in total. The number of hydrogen-bond acceptors (Lipinski definition) is 6. The molecule has 2 aromatic heterocycles. The lowest BCUT2D eigenvalue weighted by atomic mass is 9.77. The molecule has 0 spiro atoms. The Morgan fingerprint density at radius 3 is 2.62 bits per heavy atom. The van der Waals surface area contributed by atoms with Crippen molar-refractivity contribution >= 4 is 24.0 Å². The Morgan fingerprint density at radius 1 is 1.33 bits per heavy atom. The van der Waals surface area contributed by atoms with E-state index in [-0.39, 0.29) is 18.3 Å². The minimum Gasteiger partial charge on any atom is -0.332 e. The quantitative estimate of drug-likeness (QED) is 0.930. The van der Waals surface area contributed by atoms with Crippen molar-refractivity contribution in [2.24, 2.45) is 5.73 Å². The molecule has 21 heavy (non-hydrogen) atoms. The van der Waals surface area contributed by atoms with Gasteiger partial charge in [0.25, 0.3) is 5.89 Å². The van der Waals surface area contributed by atoms with E-state index in [1.807, 2.05) is 13.8 Å². The van der Waals surface area contributed by atoms with Gasteiger partial charge in [-0.05, 0) is 19.3 Å². The lowest BCUT2D eigenvalue weighted by Crippen LogP contribution is -2.44. The summed E-state index contributed by atoms with van der Waals surface area (Å²) in [6.45, 7) is 4.02. The molecule has 0 unspecified atom stereocenters. The van der Waals surface area contributed by atoms with E-state index in [1.165, 1.54) is 0 Å². The summed E-state index contributed by atoms with van der Waals surface area (Å²) in [5.41, 5.74) is 6.19. The van der Waals surface area contributed by atoms with Gasteiger partial charge in [0.05, 0.1) is 16.8 Å². The first-order valence-electron chi connectivity index (χ1n) is 6.65. The van der Waals surface area contributed by atoms with E-state index in [2.05, 4.69) is 20.1 Å². The van der Waals surface area contributed by atoms with Crippen LogP contribution in [0.5, 0.6) is 0 Å². The Kier molecular flexibility index (Phi) is 4.51. The van der Waals surface area contributed by atoms with Crippen molar-refractivity contribution in [3.63, 3.8) is 0 Å². The van der Waals surface area contributed by atoms with Crippen LogP contribution in [0.2, 0.25) is 5.02 Å². The van der Waals surface area contributed by atoms with Gasteiger partial charge in [0.15, 0.2) is 11.5 Å². The fraction of sp³-hybridized carbons (Fsp3) is 0.538. The van der Waals surface area contributed by atoms with Crippen molar-refractivity contribution in [1.29, 1.82) is 0 Å².